The quantitative estimate of drug-likeness (QED) is 0.714. The summed E-state index contributed by atoms with van der Waals surface area (Å²) < 4.78 is 0. The molecule has 2 rings (SSSR count). The summed E-state index contributed by atoms with van der Waals surface area (Å²) in [6, 6.07) is 9.55. The Labute approximate surface area is 112 Å². The van der Waals surface area contributed by atoms with E-state index in [-0.39, 0.29) is 5.54 Å². The average Bonchev–Trinajstić information content (AvgIpc) is 2.32. The van der Waals surface area contributed by atoms with Gasteiger partial charge < -0.3 is 4.90 Å². The molecule has 1 aliphatic carbocycles. The van der Waals surface area contributed by atoms with Gasteiger partial charge in [0.05, 0.1) is 0 Å². The molecule has 1 fully saturated rings. The van der Waals surface area contributed by atoms with Gasteiger partial charge in [0.2, 0.25) is 0 Å². The third-order valence-electron chi connectivity index (χ3n) is 4.04. The second-order valence-corrected chi connectivity index (χ2v) is 6.62. The van der Waals surface area contributed by atoms with E-state index in [9.17, 15) is 0 Å². The van der Waals surface area contributed by atoms with Crippen LogP contribution in [-0.2, 0) is 0 Å². The van der Waals surface area contributed by atoms with Crippen LogP contribution in [-0.4, -0.2) is 11.6 Å². The first-order valence-corrected chi connectivity index (χ1v) is 7.35. The fourth-order valence-electron chi connectivity index (χ4n) is 3.28. The third kappa shape index (κ3) is 2.88. The smallest absolute Gasteiger partial charge is 0.0402 e. The van der Waals surface area contributed by atoms with Crippen LogP contribution >= 0.6 is 0 Å². The van der Waals surface area contributed by atoms with Crippen LogP contribution in [0.3, 0.4) is 0 Å². The van der Waals surface area contributed by atoms with E-state index in [1.807, 2.05) is 0 Å². The molecule has 0 atom stereocenters. The van der Waals surface area contributed by atoms with Gasteiger partial charge in [-0.05, 0) is 52.2 Å². The number of nitrogens with zero attached hydrogens (tertiary/aromatic N) is 1. The van der Waals surface area contributed by atoms with E-state index >= 15 is 0 Å². The standard InChI is InChI=1S/C17H27N/c1-14-10-8-9-13-16(14)18(17(2,3)4)15-11-6-5-7-12-15/h8-10,13,15H,5-7,11-12H2,1-4H3. The summed E-state index contributed by atoms with van der Waals surface area (Å²) in [7, 11) is 0. The first-order valence-electron chi connectivity index (χ1n) is 7.35. The summed E-state index contributed by atoms with van der Waals surface area (Å²) in [5.74, 6) is 0. The van der Waals surface area contributed by atoms with E-state index in [2.05, 4.69) is 56.9 Å². The van der Waals surface area contributed by atoms with E-state index in [4.69, 9.17) is 0 Å². The van der Waals surface area contributed by atoms with Crippen molar-refractivity contribution in [3.05, 3.63) is 29.8 Å². The molecule has 0 bridgehead atoms. The monoisotopic (exact) mass is 245 g/mol. The van der Waals surface area contributed by atoms with Gasteiger partial charge in [0, 0.05) is 17.3 Å². The van der Waals surface area contributed by atoms with Crippen molar-refractivity contribution >= 4 is 5.69 Å². The molecule has 1 heteroatoms. The van der Waals surface area contributed by atoms with Gasteiger partial charge in [-0.3, -0.25) is 0 Å². The molecule has 0 N–H and O–H groups in total. The highest BCUT2D eigenvalue weighted by molar-refractivity contribution is 5.55. The van der Waals surface area contributed by atoms with Crippen LogP contribution in [0.5, 0.6) is 0 Å². The molecule has 18 heavy (non-hydrogen) atoms. The van der Waals surface area contributed by atoms with Gasteiger partial charge in [0.1, 0.15) is 0 Å². The lowest BCUT2D eigenvalue weighted by Gasteiger charge is -2.46. The predicted octanol–water partition coefficient (Wildman–Crippen LogP) is 4.93. The fraction of sp³-hybridized carbons (Fsp3) is 0.647. The molecule has 0 spiro atoms. The van der Waals surface area contributed by atoms with Crippen molar-refractivity contribution in [1.29, 1.82) is 0 Å². The van der Waals surface area contributed by atoms with Crippen LogP contribution in [0.25, 0.3) is 0 Å². The SMILES string of the molecule is Cc1ccccc1N(C1CCCCC1)C(C)(C)C. The minimum absolute atomic E-state index is 0.203. The molecule has 0 saturated heterocycles. The van der Waals surface area contributed by atoms with E-state index in [1.54, 1.807) is 0 Å². The number of hydrogen-bond donors (Lipinski definition) is 0. The Balaban J connectivity index is 2.34. The van der Waals surface area contributed by atoms with E-state index in [0.717, 1.165) is 6.04 Å². The van der Waals surface area contributed by atoms with Gasteiger partial charge in [-0.15, -0.1) is 0 Å². The molecular weight excluding hydrogens is 218 g/mol. The zero-order valence-corrected chi connectivity index (χ0v) is 12.4. The second-order valence-electron chi connectivity index (χ2n) is 6.62. The van der Waals surface area contributed by atoms with Gasteiger partial charge in [-0.1, -0.05) is 37.5 Å². The predicted molar refractivity (Wildman–Crippen MR) is 80.3 cm³/mol. The van der Waals surface area contributed by atoms with Crippen molar-refractivity contribution in [2.24, 2.45) is 0 Å². The van der Waals surface area contributed by atoms with Gasteiger partial charge in [-0.2, -0.15) is 0 Å². The number of para-hydroxylation sites is 1. The normalized spacial score (nSPS) is 17.8. The number of rotatable bonds is 2. The first-order chi connectivity index (χ1) is 8.50. The summed E-state index contributed by atoms with van der Waals surface area (Å²) in [5, 5.41) is 0. The van der Waals surface area contributed by atoms with E-state index < -0.39 is 0 Å². The topological polar surface area (TPSA) is 3.24 Å². The molecule has 1 aromatic carbocycles. The Bertz CT molecular complexity index is 383. The van der Waals surface area contributed by atoms with Gasteiger partial charge >= 0.3 is 0 Å². The third-order valence-corrected chi connectivity index (χ3v) is 4.04. The fourth-order valence-corrected chi connectivity index (χ4v) is 3.28. The Morgan fingerprint density at radius 3 is 2.17 bits per heavy atom. The zero-order chi connectivity index (χ0) is 13.2. The first kappa shape index (κ1) is 13.5. The maximum atomic E-state index is 2.67. The van der Waals surface area contributed by atoms with Crippen LogP contribution in [0.2, 0.25) is 0 Å². The summed E-state index contributed by atoms with van der Waals surface area (Å²) in [5.41, 5.74) is 3.03. The Kier molecular flexibility index (Phi) is 3.99. The summed E-state index contributed by atoms with van der Waals surface area (Å²) >= 11 is 0. The van der Waals surface area contributed by atoms with Crippen LogP contribution in [0, 0.1) is 6.92 Å². The van der Waals surface area contributed by atoms with Crippen LogP contribution < -0.4 is 4.90 Å². The Morgan fingerprint density at radius 2 is 1.61 bits per heavy atom. The minimum atomic E-state index is 0.203. The maximum absolute atomic E-state index is 2.67. The Hall–Kier alpha value is -0.980. The number of benzene rings is 1. The lowest BCUT2D eigenvalue weighted by atomic mass is 9.89. The largest absolute Gasteiger partial charge is 0.363 e. The molecule has 0 amide bonds. The Morgan fingerprint density at radius 1 is 1.00 bits per heavy atom. The van der Waals surface area contributed by atoms with Gasteiger partial charge in [0.15, 0.2) is 0 Å². The molecular formula is C17H27N. The molecule has 0 radical (unpaired) electrons. The second kappa shape index (κ2) is 5.34. The van der Waals surface area contributed by atoms with Crippen molar-refractivity contribution in [3.8, 4) is 0 Å². The van der Waals surface area contributed by atoms with Crippen molar-refractivity contribution in [2.75, 3.05) is 4.90 Å². The number of hydrogen-bond acceptors (Lipinski definition) is 1. The van der Waals surface area contributed by atoms with Crippen molar-refractivity contribution in [1.82, 2.24) is 0 Å². The molecule has 1 nitrogen and oxygen atoms in total. The maximum Gasteiger partial charge on any atom is 0.0402 e. The molecule has 0 unspecified atom stereocenters. The number of aryl methyl sites for hydroxylation is 1. The molecule has 0 aromatic heterocycles. The minimum Gasteiger partial charge on any atom is -0.363 e. The summed E-state index contributed by atoms with van der Waals surface area (Å²) in [6.07, 6.45) is 6.91. The molecule has 100 valence electrons. The zero-order valence-electron chi connectivity index (χ0n) is 12.4. The van der Waals surface area contributed by atoms with E-state index in [1.165, 1.54) is 43.4 Å². The molecule has 1 aromatic rings. The molecule has 1 saturated carbocycles. The van der Waals surface area contributed by atoms with Crippen molar-refractivity contribution in [2.45, 2.75) is 71.4 Å². The highest BCUT2D eigenvalue weighted by Crippen LogP contribution is 2.34. The van der Waals surface area contributed by atoms with E-state index in [0.29, 0.717) is 0 Å². The average molecular weight is 245 g/mol. The summed E-state index contributed by atoms with van der Waals surface area (Å²) in [4.78, 5) is 2.67. The highest BCUT2D eigenvalue weighted by Gasteiger charge is 2.30. The van der Waals surface area contributed by atoms with Crippen LogP contribution in [0.15, 0.2) is 24.3 Å². The van der Waals surface area contributed by atoms with Crippen molar-refractivity contribution in [3.63, 3.8) is 0 Å². The lowest BCUT2D eigenvalue weighted by Crippen LogP contribution is -2.49. The molecule has 0 heterocycles. The van der Waals surface area contributed by atoms with Gasteiger partial charge in [0.25, 0.3) is 0 Å². The summed E-state index contributed by atoms with van der Waals surface area (Å²) in [6.45, 7) is 9.26. The lowest BCUT2D eigenvalue weighted by molar-refractivity contribution is 0.353. The number of anilines is 1. The van der Waals surface area contributed by atoms with Crippen molar-refractivity contribution < 1.29 is 0 Å². The highest BCUT2D eigenvalue weighted by atomic mass is 15.2. The van der Waals surface area contributed by atoms with Gasteiger partial charge in [-0.25, -0.2) is 0 Å². The molecule has 1 aliphatic rings. The molecule has 0 aliphatic heterocycles. The van der Waals surface area contributed by atoms with Crippen LogP contribution in [0.1, 0.15) is 58.4 Å². The van der Waals surface area contributed by atoms with Crippen LogP contribution in [0.4, 0.5) is 5.69 Å².